The molecular formula is C72H90Cl3F3N15O24P3. The van der Waals surface area contributed by atoms with E-state index in [9.17, 15) is 71.0 Å². The Hall–Kier alpha value is -9.09. The molecule has 0 spiro atoms. The fourth-order valence-electron chi connectivity index (χ4n) is 12.6. The van der Waals surface area contributed by atoms with Gasteiger partial charge in [-0.1, -0.05) is 75.4 Å². The van der Waals surface area contributed by atoms with Gasteiger partial charge in [0.1, 0.15) is 88.5 Å². The Morgan fingerprint density at radius 3 is 0.900 bits per heavy atom. The predicted molar refractivity (Wildman–Crippen MR) is 429 cm³/mol. The number of carbonyl (C=O) groups excluding carboxylic acids is 3. The minimum atomic E-state index is -4.08. The highest BCUT2D eigenvalue weighted by Gasteiger charge is 2.61. The number of hydrogen-bond acceptors (Lipinski definition) is 33. The zero-order valence-electron chi connectivity index (χ0n) is 65.7. The summed E-state index contributed by atoms with van der Waals surface area (Å²) in [4.78, 5) is 98.6. The summed E-state index contributed by atoms with van der Waals surface area (Å²) in [6, 6.07) is 24.5. The first-order valence-electron chi connectivity index (χ1n) is 37.1. The fraction of sp³-hybridized carbons (Fsp3) is 0.500. The molecule has 3 fully saturated rings. The van der Waals surface area contributed by atoms with Crippen molar-refractivity contribution in [1.82, 2.24) is 58.6 Å². The van der Waals surface area contributed by atoms with Gasteiger partial charge in [0.15, 0.2) is 52.2 Å². The van der Waals surface area contributed by atoms with Crippen LogP contribution in [0.5, 0.6) is 17.2 Å². The third-order valence-corrected chi connectivity index (χ3v) is 26.0. The number of para-hydroxylation sites is 3. The second kappa shape index (κ2) is 39.0. The van der Waals surface area contributed by atoms with Crippen LogP contribution in [0, 0.1) is 17.8 Å². The van der Waals surface area contributed by atoms with E-state index >= 15 is 0 Å². The molecule has 0 radical (unpaired) electrons. The highest BCUT2D eigenvalue weighted by Crippen LogP contribution is 2.56. The summed E-state index contributed by atoms with van der Waals surface area (Å²) in [5.74, 6) is -4.42. The minimum Gasteiger partial charge on any atom is -0.463 e. The van der Waals surface area contributed by atoms with Crippen LogP contribution in [0.2, 0.25) is 0 Å². The summed E-state index contributed by atoms with van der Waals surface area (Å²) < 4.78 is 156. The van der Waals surface area contributed by atoms with Gasteiger partial charge in [0, 0.05) is 0 Å². The standard InChI is InChI=1S/3C24H30ClFN5O8P/c3*1-13(2)37-21(34)14(3)10-40(35,39-15-7-5-4-6-8-15)36-9-16-18(32)24(25,11-26)22(38-16)31-12-28-17-19(31)29-23(27)30-20(17)33/h3*4-8,12-14,16,18,22,32H,9-11H2,1-3H3,(H3,27,29,30,33)/t14-,16-,18+,22-,24?,40?;14-,16-,18+,22-,24?,40+;14-,16-,18+,22-,24?,40-/m111/s1. The van der Waals surface area contributed by atoms with E-state index in [-0.39, 0.29) is 105 Å². The van der Waals surface area contributed by atoms with Gasteiger partial charge in [-0.3, -0.25) is 71.0 Å². The van der Waals surface area contributed by atoms with E-state index in [1.165, 1.54) is 34.5 Å². The summed E-state index contributed by atoms with van der Waals surface area (Å²) in [5, 5.41) is 33.0. The molecule has 120 heavy (non-hydrogen) atoms. The predicted octanol–water partition coefficient (Wildman–Crippen LogP) is 8.35. The minimum absolute atomic E-state index is 0.0472. The number of halogens is 6. The normalized spacial score (nSPS) is 25.1. The van der Waals surface area contributed by atoms with Gasteiger partial charge in [0.25, 0.3) is 16.7 Å². The van der Waals surface area contributed by atoms with Crippen molar-refractivity contribution >= 4 is 127 Å². The van der Waals surface area contributed by atoms with Gasteiger partial charge < -0.3 is 74.5 Å². The molecule has 3 aliphatic heterocycles. The van der Waals surface area contributed by atoms with Crippen molar-refractivity contribution in [2.24, 2.45) is 17.8 Å². The zero-order chi connectivity index (χ0) is 87.7. The van der Waals surface area contributed by atoms with Gasteiger partial charge in [0.05, 0.1) is 93.4 Å². The number of imidazole rings is 3. The Labute approximate surface area is 696 Å². The average molecular weight is 1810 g/mol. The van der Waals surface area contributed by atoms with E-state index in [1.807, 2.05) is 0 Å². The Balaban J connectivity index is 0.000000189. The first kappa shape index (κ1) is 93.2. The van der Waals surface area contributed by atoms with Crippen LogP contribution >= 0.6 is 57.6 Å². The largest absolute Gasteiger partial charge is 0.463 e. The van der Waals surface area contributed by atoms with Crippen LogP contribution in [0.3, 0.4) is 0 Å². The summed E-state index contributed by atoms with van der Waals surface area (Å²) in [6.45, 7) is 9.23. The Kier molecular flexibility index (Phi) is 30.3. The number of aromatic amines is 3. The Bertz CT molecular complexity index is 4890. The molecule has 0 aliphatic carbocycles. The zero-order valence-corrected chi connectivity index (χ0v) is 70.6. The van der Waals surface area contributed by atoms with Crippen LogP contribution in [0.1, 0.15) is 81.0 Å². The van der Waals surface area contributed by atoms with Crippen molar-refractivity contribution in [3.05, 3.63) is 141 Å². The third-order valence-electron chi connectivity index (χ3n) is 18.4. The van der Waals surface area contributed by atoms with Crippen LogP contribution in [-0.2, 0) is 70.1 Å². The maximum Gasteiger partial charge on any atom is 0.380 e. The molecule has 9 aromatic rings. The highest BCUT2D eigenvalue weighted by molar-refractivity contribution is 7.55. The number of hydrogen-bond donors (Lipinski definition) is 9. The maximum atomic E-state index is 14.3. The van der Waals surface area contributed by atoms with Crippen molar-refractivity contribution in [3.8, 4) is 17.2 Å². The van der Waals surface area contributed by atoms with Crippen LogP contribution in [-0.4, -0.2) is 220 Å². The number of H-pyrrole nitrogens is 3. The number of esters is 3. The van der Waals surface area contributed by atoms with E-state index in [2.05, 4.69) is 44.9 Å². The second-order valence-corrected chi connectivity index (χ2v) is 37.3. The van der Waals surface area contributed by atoms with E-state index in [1.54, 1.807) is 133 Å². The van der Waals surface area contributed by atoms with Crippen molar-refractivity contribution in [2.75, 3.05) is 75.5 Å². The molecule has 3 aromatic carbocycles. The number of nitrogens with zero attached hydrogens (tertiary/aromatic N) is 9. The number of rotatable bonds is 33. The smallest absolute Gasteiger partial charge is 0.380 e. The molecule has 18 atom stereocenters. The molecule has 39 nitrogen and oxygen atoms in total. The van der Waals surface area contributed by atoms with Crippen molar-refractivity contribution in [2.45, 2.75) is 151 Å². The van der Waals surface area contributed by atoms with Gasteiger partial charge in [0.2, 0.25) is 17.8 Å². The molecular weight excluding hydrogens is 1720 g/mol. The van der Waals surface area contributed by atoms with Crippen molar-refractivity contribution < 1.29 is 112 Å². The molecule has 654 valence electrons. The van der Waals surface area contributed by atoms with Crippen LogP contribution in [0.15, 0.2) is 124 Å². The van der Waals surface area contributed by atoms with Crippen LogP contribution in [0.25, 0.3) is 33.5 Å². The fourth-order valence-corrected chi connectivity index (χ4v) is 19.1. The van der Waals surface area contributed by atoms with E-state index < -0.39 is 185 Å². The average Bonchev–Trinajstić information content (AvgIpc) is 1.60. The molecule has 12 N–H and O–H groups in total. The Morgan fingerprint density at radius 1 is 0.450 bits per heavy atom. The number of anilines is 3. The summed E-state index contributed by atoms with van der Waals surface area (Å²) in [5.41, 5.74) is 14.6. The first-order chi connectivity index (χ1) is 56.6. The molecule has 4 unspecified atom stereocenters. The molecule has 9 heterocycles. The number of aliphatic hydroxyl groups is 3. The van der Waals surface area contributed by atoms with Gasteiger partial charge in [-0.2, -0.15) is 15.0 Å². The SMILES string of the molecule is CC(C)OC(=O)[C@H](C)CP(=O)(OC[C@H]1O[C@@H](n2cnc3c(=O)[nH]c(N)nc32)C(Cl)(CF)[C@H]1O)Oc1ccccc1.CC(C)OC(=O)[C@H](C)C[P@@](=O)(OC[C@H]1O[C@@H](n2cnc3c(=O)[nH]c(N)nc32)C(Cl)(CF)[C@H]1O)Oc1ccccc1.CC(C)OC(=O)[C@H](C)C[P@](=O)(OC[C@H]1O[C@@H](n2cnc3c(=O)[nH]c(N)nc32)C(Cl)(CF)[C@H]1O)Oc1ccccc1. The quantitative estimate of drug-likeness (QED) is 0.00807. The summed E-state index contributed by atoms with van der Waals surface area (Å²) in [7, 11) is -12.2. The third kappa shape index (κ3) is 21.5. The number of nitrogens with two attached hydrogens (primary N) is 3. The van der Waals surface area contributed by atoms with Crippen LogP contribution in [0.4, 0.5) is 31.0 Å². The lowest BCUT2D eigenvalue weighted by Crippen LogP contribution is -2.44. The van der Waals surface area contributed by atoms with Gasteiger partial charge in [-0.25, -0.2) is 41.8 Å². The number of benzene rings is 3. The van der Waals surface area contributed by atoms with E-state index in [0.29, 0.717) is 0 Å². The number of nitrogen functional groups attached to an aromatic ring is 3. The monoisotopic (exact) mass is 1800 g/mol. The highest BCUT2D eigenvalue weighted by atomic mass is 35.5. The number of ether oxygens (including phenoxy) is 6. The molecule has 3 saturated heterocycles. The number of alkyl halides is 6. The lowest BCUT2D eigenvalue weighted by Gasteiger charge is -2.27. The van der Waals surface area contributed by atoms with Crippen LogP contribution < -0.4 is 47.5 Å². The van der Waals surface area contributed by atoms with Crippen molar-refractivity contribution in [3.63, 3.8) is 0 Å². The molecule has 3 aliphatic rings. The first-order valence-corrected chi connectivity index (χ1v) is 43.4. The summed E-state index contributed by atoms with van der Waals surface area (Å²) in [6.07, 6.45) is -11.9. The van der Waals surface area contributed by atoms with E-state index in [4.69, 9.17) is 108 Å². The number of aliphatic hydroxyl groups excluding tert-OH is 3. The number of nitrogens with one attached hydrogen (secondary N) is 3. The molecule has 48 heteroatoms. The molecule has 6 aromatic heterocycles. The Morgan fingerprint density at radius 2 is 0.683 bits per heavy atom. The molecule has 0 amide bonds. The lowest BCUT2D eigenvalue weighted by atomic mass is 10.0. The van der Waals surface area contributed by atoms with Gasteiger partial charge in [-0.15, -0.1) is 34.8 Å². The number of fused-ring (bicyclic) bond motifs is 3. The second-order valence-electron chi connectivity index (χ2n) is 29.1. The van der Waals surface area contributed by atoms with E-state index in [0.717, 1.165) is 19.0 Å². The molecule has 0 bridgehead atoms. The number of aromatic nitrogens is 12. The lowest BCUT2D eigenvalue weighted by molar-refractivity contribution is -0.152. The maximum absolute atomic E-state index is 14.3. The van der Waals surface area contributed by atoms with Gasteiger partial charge >= 0.3 is 40.7 Å². The van der Waals surface area contributed by atoms with Gasteiger partial charge in [-0.05, 0) is 77.9 Å². The molecule has 12 rings (SSSR count). The molecule has 0 saturated carbocycles. The topological polar surface area (TPSA) is 543 Å². The number of carbonyl (C=O) groups is 3. The van der Waals surface area contributed by atoms with Crippen molar-refractivity contribution in [1.29, 1.82) is 0 Å². The summed E-state index contributed by atoms with van der Waals surface area (Å²) >= 11 is 19.6.